The van der Waals surface area contributed by atoms with Crippen LogP contribution in [0.15, 0.2) is 24.4 Å². The molecule has 0 saturated heterocycles. The summed E-state index contributed by atoms with van der Waals surface area (Å²) in [5.41, 5.74) is 4.38. The van der Waals surface area contributed by atoms with Crippen LogP contribution in [0.25, 0.3) is 10.9 Å². The van der Waals surface area contributed by atoms with Crippen molar-refractivity contribution in [2.45, 2.75) is 32.6 Å². The van der Waals surface area contributed by atoms with E-state index in [-0.39, 0.29) is 5.41 Å². The van der Waals surface area contributed by atoms with Gasteiger partial charge in [-0.05, 0) is 38.0 Å². The number of allylic oxidation sites excluding steroid dienone is 1. The van der Waals surface area contributed by atoms with E-state index < -0.39 is 0 Å². The van der Waals surface area contributed by atoms with Crippen LogP contribution in [0.3, 0.4) is 0 Å². The molecule has 1 atom stereocenters. The number of anilines is 1. The van der Waals surface area contributed by atoms with Gasteiger partial charge in [0.25, 0.3) is 0 Å². The molecule has 0 bridgehead atoms. The van der Waals surface area contributed by atoms with Crippen LogP contribution in [0.2, 0.25) is 5.15 Å². The fourth-order valence-electron chi connectivity index (χ4n) is 3.02. The first-order valence-electron chi connectivity index (χ1n) is 6.80. The summed E-state index contributed by atoms with van der Waals surface area (Å²) in [4.78, 5) is 10.9. The molecule has 1 aliphatic rings. The molecule has 1 aromatic carbocycles. The second-order valence-electron chi connectivity index (χ2n) is 5.64. The number of aromatic nitrogens is 2. The van der Waals surface area contributed by atoms with E-state index in [9.17, 15) is 0 Å². The zero-order valence-corrected chi connectivity index (χ0v) is 13.0. The lowest BCUT2D eigenvalue weighted by Crippen LogP contribution is -2.24. The number of aryl methyl sites for hydroxylation is 1. The minimum Gasteiger partial charge on any atom is -0.348 e. The van der Waals surface area contributed by atoms with Gasteiger partial charge >= 0.3 is 0 Å². The molecule has 20 heavy (non-hydrogen) atoms. The third-order valence-electron chi connectivity index (χ3n) is 4.58. The molecule has 3 rings (SSSR count). The van der Waals surface area contributed by atoms with Crippen molar-refractivity contribution in [2.24, 2.45) is 0 Å². The van der Waals surface area contributed by atoms with Gasteiger partial charge in [0.2, 0.25) is 0 Å². The molecule has 104 valence electrons. The molecule has 0 aliphatic carbocycles. The number of benzene rings is 1. The van der Waals surface area contributed by atoms with Crippen LogP contribution in [-0.4, -0.2) is 17.0 Å². The molecule has 2 heterocycles. The topological polar surface area (TPSA) is 29.0 Å². The highest BCUT2D eigenvalue weighted by Crippen LogP contribution is 2.49. The Morgan fingerprint density at radius 3 is 2.70 bits per heavy atom. The van der Waals surface area contributed by atoms with E-state index in [2.05, 4.69) is 54.5 Å². The minimum absolute atomic E-state index is 0.0491. The summed E-state index contributed by atoms with van der Waals surface area (Å²) < 4.78 is 0. The summed E-state index contributed by atoms with van der Waals surface area (Å²) in [5, 5.41) is 1.44. The Morgan fingerprint density at radius 1 is 1.35 bits per heavy atom. The molecule has 0 radical (unpaired) electrons. The maximum absolute atomic E-state index is 6.29. The van der Waals surface area contributed by atoms with Crippen molar-refractivity contribution in [3.05, 3.63) is 40.9 Å². The number of fused-ring (bicyclic) bond motifs is 2. The molecule has 4 heteroatoms. The van der Waals surface area contributed by atoms with Crippen LogP contribution in [-0.2, 0) is 5.41 Å². The van der Waals surface area contributed by atoms with Crippen LogP contribution in [0.5, 0.6) is 0 Å². The van der Waals surface area contributed by atoms with E-state index in [4.69, 9.17) is 11.6 Å². The van der Waals surface area contributed by atoms with Gasteiger partial charge in [0, 0.05) is 29.2 Å². The smallest absolute Gasteiger partial charge is 0.140 e. The fourth-order valence-corrected chi connectivity index (χ4v) is 3.30. The van der Waals surface area contributed by atoms with Crippen molar-refractivity contribution in [1.29, 1.82) is 0 Å². The molecule has 3 nitrogen and oxygen atoms in total. The quantitative estimate of drug-likeness (QED) is 0.735. The summed E-state index contributed by atoms with van der Waals surface area (Å²) >= 11 is 6.29. The van der Waals surface area contributed by atoms with E-state index in [1.54, 1.807) is 0 Å². The zero-order valence-electron chi connectivity index (χ0n) is 12.3. The predicted molar refractivity (Wildman–Crippen MR) is 84.5 cm³/mol. The summed E-state index contributed by atoms with van der Waals surface area (Å²) in [6.45, 7) is 10.5. The number of rotatable bonds is 1. The second-order valence-corrected chi connectivity index (χ2v) is 6.00. The van der Waals surface area contributed by atoms with Gasteiger partial charge < -0.3 is 4.90 Å². The first-order valence-corrected chi connectivity index (χ1v) is 7.17. The zero-order chi connectivity index (χ0) is 14.7. The summed E-state index contributed by atoms with van der Waals surface area (Å²) in [6.07, 6.45) is 0.999. The van der Waals surface area contributed by atoms with E-state index in [0.717, 1.165) is 23.0 Å². The van der Waals surface area contributed by atoms with Gasteiger partial charge in [-0.3, -0.25) is 0 Å². The van der Waals surface area contributed by atoms with Crippen molar-refractivity contribution in [2.75, 3.05) is 11.9 Å². The second kappa shape index (κ2) is 4.19. The predicted octanol–water partition coefficient (Wildman–Crippen LogP) is 4.22. The summed E-state index contributed by atoms with van der Waals surface area (Å²) in [7, 11) is 2.06. The van der Waals surface area contributed by atoms with E-state index in [1.807, 2.05) is 6.92 Å². The highest BCUT2D eigenvalue weighted by molar-refractivity contribution is 6.34. The largest absolute Gasteiger partial charge is 0.348 e. The third-order valence-corrected chi connectivity index (χ3v) is 4.87. The average molecular weight is 288 g/mol. The van der Waals surface area contributed by atoms with Crippen LogP contribution in [0.1, 0.15) is 31.7 Å². The molecular formula is C16H18ClN3. The third kappa shape index (κ3) is 1.59. The Hall–Kier alpha value is -1.61. The highest BCUT2D eigenvalue weighted by Gasteiger charge is 2.40. The van der Waals surface area contributed by atoms with E-state index in [0.29, 0.717) is 11.0 Å². The lowest BCUT2D eigenvalue weighted by Gasteiger charge is -2.26. The minimum atomic E-state index is -0.0491. The van der Waals surface area contributed by atoms with Gasteiger partial charge in [0.05, 0.1) is 5.52 Å². The van der Waals surface area contributed by atoms with Gasteiger partial charge in [-0.1, -0.05) is 25.1 Å². The van der Waals surface area contributed by atoms with Crippen molar-refractivity contribution in [3.8, 4) is 0 Å². The van der Waals surface area contributed by atoms with Crippen LogP contribution < -0.4 is 4.90 Å². The molecule has 1 unspecified atom stereocenters. The van der Waals surface area contributed by atoms with Gasteiger partial charge in [-0.2, -0.15) is 0 Å². The number of likely N-dealkylation sites (N-methyl/N-ethyl adjacent to an activating group) is 1. The Morgan fingerprint density at radius 2 is 2.05 bits per heavy atom. The molecule has 0 amide bonds. The van der Waals surface area contributed by atoms with Crippen LogP contribution >= 0.6 is 11.6 Å². The van der Waals surface area contributed by atoms with E-state index >= 15 is 0 Å². The number of halogens is 1. The highest BCUT2D eigenvalue weighted by atomic mass is 35.5. The fraction of sp³-hybridized carbons (Fsp3) is 0.375. The molecule has 0 spiro atoms. The summed E-state index contributed by atoms with van der Waals surface area (Å²) in [5.74, 6) is 0.695. The van der Waals surface area contributed by atoms with Crippen LogP contribution in [0, 0.1) is 6.92 Å². The van der Waals surface area contributed by atoms with Gasteiger partial charge in [0.1, 0.15) is 11.0 Å². The van der Waals surface area contributed by atoms with Gasteiger partial charge in [-0.15, -0.1) is 0 Å². The Labute approximate surface area is 124 Å². The van der Waals surface area contributed by atoms with Gasteiger partial charge in [0.15, 0.2) is 0 Å². The van der Waals surface area contributed by atoms with Crippen LogP contribution in [0.4, 0.5) is 5.69 Å². The standard InChI is InChI=1S/C16H18ClN3/c1-6-16(4)9(2)20(5)14-8-13-11(7-12(14)16)15(17)19-10(3)18-13/h7-8H,2,6H2,1,3-5H3. The SMILES string of the molecule is C=C1N(C)c2cc3nc(C)nc(Cl)c3cc2C1(C)CC. The maximum Gasteiger partial charge on any atom is 0.140 e. The number of nitrogens with zero attached hydrogens (tertiary/aromatic N) is 3. The summed E-state index contributed by atoms with van der Waals surface area (Å²) in [6, 6.07) is 4.22. The van der Waals surface area contributed by atoms with Crippen molar-refractivity contribution in [1.82, 2.24) is 9.97 Å². The molecular weight excluding hydrogens is 270 g/mol. The maximum atomic E-state index is 6.29. The van der Waals surface area contributed by atoms with Crippen molar-refractivity contribution < 1.29 is 0 Å². The number of hydrogen-bond acceptors (Lipinski definition) is 3. The molecule has 1 aliphatic heterocycles. The molecule has 0 fully saturated rings. The monoisotopic (exact) mass is 287 g/mol. The Balaban J connectivity index is 2.38. The molecule has 1 aromatic heterocycles. The van der Waals surface area contributed by atoms with Crippen molar-refractivity contribution in [3.63, 3.8) is 0 Å². The Kier molecular flexibility index (Phi) is 2.80. The lowest BCUT2D eigenvalue weighted by molar-refractivity contribution is 0.552. The first-order chi connectivity index (χ1) is 9.38. The first kappa shape index (κ1) is 13.4. The Bertz CT molecular complexity index is 738. The average Bonchev–Trinajstić information content (AvgIpc) is 2.60. The number of hydrogen-bond donors (Lipinski definition) is 0. The van der Waals surface area contributed by atoms with Gasteiger partial charge in [-0.25, -0.2) is 9.97 Å². The van der Waals surface area contributed by atoms with Crippen molar-refractivity contribution >= 4 is 28.2 Å². The molecule has 0 saturated carbocycles. The molecule has 0 N–H and O–H groups in total. The normalized spacial score (nSPS) is 21.6. The molecule has 2 aromatic rings. The van der Waals surface area contributed by atoms with E-state index in [1.165, 1.54) is 11.3 Å². The lowest BCUT2D eigenvalue weighted by atomic mass is 9.79.